The van der Waals surface area contributed by atoms with E-state index in [0.717, 1.165) is 19.5 Å². The number of piperidine rings is 1. The van der Waals surface area contributed by atoms with Crippen LogP contribution in [-0.4, -0.2) is 33.9 Å². The van der Waals surface area contributed by atoms with Crippen molar-refractivity contribution in [2.45, 2.75) is 24.3 Å². The standard InChI is InChI=1S/C13H19NO3S/c1-10-9-14-7-6-13(10)17-11-4-3-5-12(8-11)18(2,15)16/h3-5,8,10,13-14H,6-7,9H2,1-2H3. The van der Waals surface area contributed by atoms with Crippen LogP contribution in [0.2, 0.25) is 0 Å². The summed E-state index contributed by atoms with van der Waals surface area (Å²) in [5.74, 6) is 1.07. The summed E-state index contributed by atoms with van der Waals surface area (Å²) >= 11 is 0. The van der Waals surface area contributed by atoms with Crippen molar-refractivity contribution >= 4 is 9.84 Å². The fourth-order valence-electron chi connectivity index (χ4n) is 2.12. The summed E-state index contributed by atoms with van der Waals surface area (Å²) in [6.45, 7) is 4.02. The average Bonchev–Trinajstić information content (AvgIpc) is 2.31. The smallest absolute Gasteiger partial charge is 0.175 e. The number of hydrogen-bond acceptors (Lipinski definition) is 4. The van der Waals surface area contributed by atoms with Crippen LogP contribution in [0.25, 0.3) is 0 Å². The first-order chi connectivity index (χ1) is 8.47. The van der Waals surface area contributed by atoms with Crippen LogP contribution in [0.3, 0.4) is 0 Å². The maximum absolute atomic E-state index is 11.5. The zero-order chi connectivity index (χ0) is 13.2. The molecule has 1 aromatic carbocycles. The summed E-state index contributed by atoms with van der Waals surface area (Å²) < 4.78 is 28.9. The Balaban J connectivity index is 2.14. The first-order valence-electron chi connectivity index (χ1n) is 6.14. The molecule has 1 N–H and O–H groups in total. The van der Waals surface area contributed by atoms with Crippen molar-refractivity contribution in [1.29, 1.82) is 0 Å². The molecule has 0 amide bonds. The molecule has 0 aliphatic carbocycles. The largest absolute Gasteiger partial charge is 0.490 e. The van der Waals surface area contributed by atoms with Gasteiger partial charge in [0.2, 0.25) is 0 Å². The maximum atomic E-state index is 11.5. The van der Waals surface area contributed by atoms with Crippen LogP contribution in [-0.2, 0) is 9.84 Å². The van der Waals surface area contributed by atoms with Crippen molar-refractivity contribution in [2.24, 2.45) is 5.92 Å². The number of nitrogens with one attached hydrogen (secondary N) is 1. The van der Waals surface area contributed by atoms with Gasteiger partial charge in [0.25, 0.3) is 0 Å². The highest BCUT2D eigenvalue weighted by molar-refractivity contribution is 7.90. The number of hydrogen-bond donors (Lipinski definition) is 1. The Bertz CT molecular complexity index is 513. The SMILES string of the molecule is CC1CNCCC1Oc1cccc(S(C)(=O)=O)c1. The second kappa shape index (κ2) is 5.28. The van der Waals surface area contributed by atoms with Crippen molar-refractivity contribution in [1.82, 2.24) is 5.32 Å². The van der Waals surface area contributed by atoms with E-state index < -0.39 is 9.84 Å². The van der Waals surface area contributed by atoms with Gasteiger partial charge in [-0.3, -0.25) is 0 Å². The lowest BCUT2D eigenvalue weighted by atomic mass is 9.98. The molecule has 2 atom stereocenters. The third-order valence-electron chi connectivity index (χ3n) is 3.23. The molecule has 0 aromatic heterocycles. The third kappa shape index (κ3) is 3.23. The van der Waals surface area contributed by atoms with Crippen LogP contribution in [0, 0.1) is 5.92 Å². The molecule has 2 rings (SSSR count). The van der Waals surface area contributed by atoms with Gasteiger partial charge in [-0.15, -0.1) is 0 Å². The average molecular weight is 269 g/mol. The van der Waals surface area contributed by atoms with E-state index in [1.165, 1.54) is 6.26 Å². The second-order valence-electron chi connectivity index (χ2n) is 4.87. The summed E-state index contributed by atoms with van der Waals surface area (Å²) in [5.41, 5.74) is 0. The number of benzene rings is 1. The fourth-order valence-corrected chi connectivity index (χ4v) is 2.77. The Labute approximate surface area is 108 Å². The lowest BCUT2D eigenvalue weighted by molar-refractivity contribution is 0.111. The molecule has 0 spiro atoms. The Hall–Kier alpha value is -1.07. The van der Waals surface area contributed by atoms with Gasteiger partial charge in [0.05, 0.1) is 4.90 Å². The molecule has 0 saturated carbocycles. The van der Waals surface area contributed by atoms with Gasteiger partial charge in [-0.1, -0.05) is 13.0 Å². The van der Waals surface area contributed by atoms with Gasteiger partial charge >= 0.3 is 0 Å². The van der Waals surface area contributed by atoms with Crippen LogP contribution >= 0.6 is 0 Å². The third-order valence-corrected chi connectivity index (χ3v) is 4.34. The van der Waals surface area contributed by atoms with E-state index in [1.807, 2.05) is 6.07 Å². The summed E-state index contributed by atoms with van der Waals surface area (Å²) in [5, 5.41) is 3.31. The highest BCUT2D eigenvalue weighted by Crippen LogP contribution is 2.22. The molecule has 5 heteroatoms. The molecule has 2 unspecified atom stereocenters. The van der Waals surface area contributed by atoms with E-state index in [-0.39, 0.29) is 6.10 Å². The lowest BCUT2D eigenvalue weighted by Gasteiger charge is -2.30. The summed E-state index contributed by atoms with van der Waals surface area (Å²) in [7, 11) is -3.17. The molecular formula is C13H19NO3S. The summed E-state index contributed by atoms with van der Waals surface area (Å²) in [6, 6.07) is 6.72. The van der Waals surface area contributed by atoms with E-state index in [0.29, 0.717) is 16.6 Å². The molecule has 4 nitrogen and oxygen atoms in total. The number of sulfone groups is 1. The van der Waals surface area contributed by atoms with Crippen molar-refractivity contribution in [3.63, 3.8) is 0 Å². The number of ether oxygens (including phenoxy) is 1. The lowest BCUT2D eigenvalue weighted by Crippen LogP contribution is -2.41. The van der Waals surface area contributed by atoms with Crippen molar-refractivity contribution < 1.29 is 13.2 Å². The van der Waals surface area contributed by atoms with Crippen molar-refractivity contribution in [3.8, 4) is 5.75 Å². The minimum absolute atomic E-state index is 0.154. The number of rotatable bonds is 3. The van der Waals surface area contributed by atoms with E-state index in [4.69, 9.17) is 4.74 Å². The highest BCUT2D eigenvalue weighted by atomic mass is 32.2. The quantitative estimate of drug-likeness (QED) is 0.903. The normalized spacial score (nSPS) is 24.8. The molecule has 100 valence electrons. The Morgan fingerprint density at radius 2 is 2.17 bits per heavy atom. The molecule has 0 radical (unpaired) electrons. The van der Waals surface area contributed by atoms with Crippen molar-refractivity contribution in [3.05, 3.63) is 24.3 Å². The predicted molar refractivity (Wildman–Crippen MR) is 70.6 cm³/mol. The Morgan fingerprint density at radius 3 is 2.83 bits per heavy atom. The molecule has 1 saturated heterocycles. The monoisotopic (exact) mass is 269 g/mol. The van der Waals surface area contributed by atoms with Gasteiger partial charge < -0.3 is 10.1 Å². The van der Waals surface area contributed by atoms with Crippen LogP contribution in [0.1, 0.15) is 13.3 Å². The molecule has 1 aliphatic rings. The molecular weight excluding hydrogens is 250 g/mol. The Morgan fingerprint density at radius 1 is 1.39 bits per heavy atom. The predicted octanol–water partition coefficient (Wildman–Crippen LogP) is 1.47. The van der Waals surface area contributed by atoms with Crippen LogP contribution in [0.5, 0.6) is 5.75 Å². The molecule has 1 aliphatic heterocycles. The minimum atomic E-state index is -3.17. The van der Waals surface area contributed by atoms with Gasteiger partial charge in [-0.25, -0.2) is 8.42 Å². The maximum Gasteiger partial charge on any atom is 0.175 e. The van der Waals surface area contributed by atoms with Gasteiger partial charge in [0.1, 0.15) is 11.9 Å². The van der Waals surface area contributed by atoms with E-state index in [9.17, 15) is 8.42 Å². The van der Waals surface area contributed by atoms with Crippen LogP contribution < -0.4 is 10.1 Å². The molecule has 1 aromatic rings. The first-order valence-corrected chi connectivity index (χ1v) is 8.03. The van der Waals surface area contributed by atoms with E-state index in [1.54, 1.807) is 18.2 Å². The Kier molecular flexibility index (Phi) is 3.92. The van der Waals surface area contributed by atoms with Crippen LogP contribution in [0.4, 0.5) is 0 Å². The van der Waals surface area contributed by atoms with E-state index in [2.05, 4.69) is 12.2 Å². The van der Waals surface area contributed by atoms with E-state index >= 15 is 0 Å². The van der Waals surface area contributed by atoms with Crippen molar-refractivity contribution in [2.75, 3.05) is 19.3 Å². The van der Waals surface area contributed by atoms with Gasteiger partial charge in [-0.2, -0.15) is 0 Å². The first kappa shape index (κ1) is 13.4. The minimum Gasteiger partial charge on any atom is -0.490 e. The zero-order valence-electron chi connectivity index (χ0n) is 10.7. The van der Waals surface area contributed by atoms with Gasteiger partial charge in [0.15, 0.2) is 9.84 Å². The van der Waals surface area contributed by atoms with Crippen LogP contribution in [0.15, 0.2) is 29.2 Å². The zero-order valence-corrected chi connectivity index (χ0v) is 11.5. The molecule has 1 fully saturated rings. The highest BCUT2D eigenvalue weighted by Gasteiger charge is 2.22. The summed E-state index contributed by atoms with van der Waals surface area (Å²) in [6.07, 6.45) is 2.31. The molecule has 18 heavy (non-hydrogen) atoms. The summed E-state index contributed by atoms with van der Waals surface area (Å²) in [4.78, 5) is 0.307. The van der Waals surface area contributed by atoms with Gasteiger partial charge in [-0.05, 0) is 31.2 Å². The topological polar surface area (TPSA) is 55.4 Å². The molecule has 1 heterocycles. The second-order valence-corrected chi connectivity index (χ2v) is 6.89. The molecule has 0 bridgehead atoms. The fraction of sp³-hybridized carbons (Fsp3) is 0.538. The van der Waals surface area contributed by atoms with Gasteiger partial charge in [0, 0.05) is 18.7 Å².